The molecule has 0 aliphatic rings. The SMILES string of the molecule is CC[C@@H](N)C(=O)Nc1cc(S(C)(=O)=O)ccc1O. The van der Waals surface area contributed by atoms with Gasteiger partial charge < -0.3 is 16.2 Å². The summed E-state index contributed by atoms with van der Waals surface area (Å²) in [7, 11) is -3.40. The minimum Gasteiger partial charge on any atom is -0.506 e. The Morgan fingerprint density at radius 1 is 1.50 bits per heavy atom. The number of aromatic hydroxyl groups is 1. The lowest BCUT2D eigenvalue weighted by molar-refractivity contribution is -0.117. The van der Waals surface area contributed by atoms with Crippen molar-refractivity contribution in [3.05, 3.63) is 18.2 Å². The zero-order valence-corrected chi connectivity index (χ0v) is 11.0. The van der Waals surface area contributed by atoms with E-state index in [1.807, 2.05) is 0 Å². The van der Waals surface area contributed by atoms with Crippen LogP contribution >= 0.6 is 0 Å². The molecule has 1 atom stereocenters. The molecule has 0 saturated carbocycles. The molecule has 0 unspecified atom stereocenters. The lowest BCUT2D eigenvalue weighted by atomic mass is 10.2. The van der Waals surface area contributed by atoms with Crippen LogP contribution in [0.4, 0.5) is 5.69 Å². The molecule has 0 aliphatic carbocycles. The molecule has 0 heterocycles. The van der Waals surface area contributed by atoms with E-state index in [9.17, 15) is 18.3 Å². The first-order valence-corrected chi connectivity index (χ1v) is 7.24. The maximum atomic E-state index is 11.6. The number of carbonyl (C=O) groups excluding carboxylic acids is 1. The molecule has 1 rings (SSSR count). The van der Waals surface area contributed by atoms with E-state index in [1.54, 1.807) is 6.92 Å². The molecule has 1 aromatic rings. The van der Waals surface area contributed by atoms with Gasteiger partial charge in [-0.25, -0.2) is 8.42 Å². The zero-order valence-electron chi connectivity index (χ0n) is 10.2. The molecule has 18 heavy (non-hydrogen) atoms. The highest BCUT2D eigenvalue weighted by Gasteiger charge is 2.15. The van der Waals surface area contributed by atoms with Crippen LogP contribution in [0.3, 0.4) is 0 Å². The first-order valence-electron chi connectivity index (χ1n) is 5.35. The smallest absolute Gasteiger partial charge is 0.241 e. The summed E-state index contributed by atoms with van der Waals surface area (Å²) < 4.78 is 22.7. The number of amides is 1. The third kappa shape index (κ3) is 3.44. The number of hydrogen-bond donors (Lipinski definition) is 3. The minimum absolute atomic E-state index is 0.0145. The Morgan fingerprint density at radius 3 is 2.61 bits per heavy atom. The van der Waals surface area contributed by atoms with E-state index in [2.05, 4.69) is 5.32 Å². The Balaban J connectivity index is 3.06. The van der Waals surface area contributed by atoms with Crippen LogP contribution in [0.5, 0.6) is 5.75 Å². The van der Waals surface area contributed by atoms with E-state index in [1.165, 1.54) is 18.2 Å². The minimum atomic E-state index is -3.40. The summed E-state index contributed by atoms with van der Waals surface area (Å²) in [5, 5.41) is 11.9. The Kier molecular flexibility index (Phi) is 4.31. The predicted octanol–water partition coefficient (Wildman–Crippen LogP) is 0.471. The maximum Gasteiger partial charge on any atom is 0.241 e. The number of rotatable bonds is 4. The first-order chi connectivity index (χ1) is 8.25. The molecule has 100 valence electrons. The number of nitrogens with one attached hydrogen (secondary N) is 1. The van der Waals surface area contributed by atoms with Gasteiger partial charge in [0.1, 0.15) is 5.75 Å². The highest BCUT2D eigenvalue weighted by Crippen LogP contribution is 2.26. The van der Waals surface area contributed by atoms with Crippen molar-refractivity contribution in [3.63, 3.8) is 0 Å². The number of anilines is 1. The lowest BCUT2D eigenvalue weighted by Crippen LogP contribution is -2.34. The van der Waals surface area contributed by atoms with Gasteiger partial charge >= 0.3 is 0 Å². The van der Waals surface area contributed by atoms with Crippen LogP contribution in [0.2, 0.25) is 0 Å². The van der Waals surface area contributed by atoms with Crippen LogP contribution in [0, 0.1) is 0 Å². The number of benzene rings is 1. The molecule has 0 bridgehead atoms. The molecule has 4 N–H and O–H groups in total. The normalized spacial score (nSPS) is 13.1. The largest absolute Gasteiger partial charge is 0.506 e. The quantitative estimate of drug-likeness (QED) is 0.690. The molecule has 0 aliphatic heterocycles. The van der Waals surface area contributed by atoms with E-state index in [0.29, 0.717) is 6.42 Å². The number of sulfone groups is 1. The van der Waals surface area contributed by atoms with Crippen LogP contribution < -0.4 is 11.1 Å². The molecule has 0 radical (unpaired) electrons. The van der Waals surface area contributed by atoms with Crippen molar-refractivity contribution in [2.75, 3.05) is 11.6 Å². The monoisotopic (exact) mass is 272 g/mol. The van der Waals surface area contributed by atoms with Gasteiger partial charge in [0.05, 0.1) is 16.6 Å². The van der Waals surface area contributed by atoms with E-state index < -0.39 is 21.8 Å². The van der Waals surface area contributed by atoms with Gasteiger partial charge in [-0.1, -0.05) is 6.92 Å². The van der Waals surface area contributed by atoms with E-state index in [-0.39, 0.29) is 16.3 Å². The van der Waals surface area contributed by atoms with Gasteiger partial charge in [-0.2, -0.15) is 0 Å². The van der Waals surface area contributed by atoms with Crippen LogP contribution in [0.25, 0.3) is 0 Å². The molecule has 7 heteroatoms. The number of carbonyl (C=O) groups is 1. The number of phenols is 1. The van der Waals surface area contributed by atoms with Crippen molar-refractivity contribution in [3.8, 4) is 5.75 Å². The Morgan fingerprint density at radius 2 is 2.11 bits per heavy atom. The fourth-order valence-electron chi connectivity index (χ4n) is 1.26. The average molecular weight is 272 g/mol. The Labute approximate surface area is 106 Å². The van der Waals surface area contributed by atoms with Crippen molar-refractivity contribution >= 4 is 21.4 Å². The van der Waals surface area contributed by atoms with Crippen LogP contribution in [0.15, 0.2) is 23.1 Å². The van der Waals surface area contributed by atoms with Gasteiger partial charge in [0.15, 0.2) is 9.84 Å². The zero-order chi connectivity index (χ0) is 13.9. The molecule has 0 fully saturated rings. The second-order valence-electron chi connectivity index (χ2n) is 3.96. The molecule has 6 nitrogen and oxygen atoms in total. The molecule has 0 aromatic heterocycles. The number of hydrogen-bond acceptors (Lipinski definition) is 5. The van der Waals surface area contributed by atoms with Crippen molar-refractivity contribution in [1.82, 2.24) is 0 Å². The topological polar surface area (TPSA) is 109 Å². The molecular formula is C11H16N2O4S. The summed E-state index contributed by atoms with van der Waals surface area (Å²) in [6.07, 6.45) is 1.49. The van der Waals surface area contributed by atoms with E-state index in [4.69, 9.17) is 5.73 Å². The van der Waals surface area contributed by atoms with Gasteiger partial charge in [-0.05, 0) is 24.6 Å². The molecular weight excluding hydrogens is 256 g/mol. The highest BCUT2D eigenvalue weighted by molar-refractivity contribution is 7.90. The van der Waals surface area contributed by atoms with Crippen molar-refractivity contribution in [2.24, 2.45) is 5.73 Å². The fraction of sp³-hybridized carbons (Fsp3) is 0.364. The summed E-state index contributed by atoms with van der Waals surface area (Å²) in [6.45, 7) is 1.75. The van der Waals surface area contributed by atoms with Gasteiger partial charge in [0.25, 0.3) is 0 Å². The van der Waals surface area contributed by atoms with Gasteiger partial charge in [0.2, 0.25) is 5.91 Å². The summed E-state index contributed by atoms with van der Waals surface area (Å²) in [4.78, 5) is 11.6. The van der Waals surface area contributed by atoms with Crippen molar-refractivity contribution < 1.29 is 18.3 Å². The number of phenolic OH excluding ortho intramolecular Hbond substituents is 1. The molecule has 1 amide bonds. The summed E-state index contributed by atoms with van der Waals surface area (Å²) in [6, 6.07) is 2.97. The molecule has 0 spiro atoms. The van der Waals surface area contributed by atoms with Crippen molar-refractivity contribution in [1.29, 1.82) is 0 Å². The average Bonchev–Trinajstić information content (AvgIpc) is 2.29. The third-order valence-electron chi connectivity index (χ3n) is 2.43. The van der Waals surface area contributed by atoms with Crippen LogP contribution in [0.1, 0.15) is 13.3 Å². The van der Waals surface area contributed by atoms with Crippen LogP contribution in [-0.2, 0) is 14.6 Å². The fourth-order valence-corrected chi connectivity index (χ4v) is 1.90. The van der Waals surface area contributed by atoms with Crippen molar-refractivity contribution in [2.45, 2.75) is 24.3 Å². The Bertz CT molecular complexity index is 554. The van der Waals surface area contributed by atoms with Gasteiger partial charge in [-0.3, -0.25) is 4.79 Å². The standard InChI is InChI=1S/C11H16N2O4S/c1-3-8(12)11(15)13-9-6-7(18(2,16)17)4-5-10(9)14/h4-6,8,14H,3,12H2,1-2H3,(H,13,15)/t8-/m1/s1. The van der Waals surface area contributed by atoms with Gasteiger partial charge in [0, 0.05) is 6.26 Å². The van der Waals surface area contributed by atoms with Gasteiger partial charge in [-0.15, -0.1) is 0 Å². The lowest BCUT2D eigenvalue weighted by Gasteiger charge is -2.12. The second kappa shape index (κ2) is 5.36. The number of nitrogens with two attached hydrogens (primary N) is 1. The molecule has 0 saturated heterocycles. The maximum absolute atomic E-state index is 11.6. The molecule has 1 aromatic carbocycles. The van der Waals surface area contributed by atoms with E-state index >= 15 is 0 Å². The van der Waals surface area contributed by atoms with Crippen LogP contribution in [-0.4, -0.2) is 31.7 Å². The van der Waals surface area contributed by atoms with E-state index in [0.717, 1.165) is 6.26 Å². The second-order valence-corrected chi connectivity index (χ2v) is 5.97. The summed E-state index contributed by atoms with van der Waals surface area (Å²) in [5.74, 6) is -0.683. The highest BCUT2D eigenvalue weighted by atomic mass is 32.2. The predicted molar refractivity (Wildman–Crippen MR) is 68.1 cm³/mol. The first kappa shape index (κ1) is 14.5. The summed E-state index contributed by atoms with van der Waals surface area (Å²) >= 11 is 0. The third-order valence-corrected chi connectivity index (χ3v) is 3.54. The summed E-state index contributed by atoms with van der Waals surface area (Å²) in [5.41, 5.74) is 5.56. The Hall–Kier alpha value is -1.60.